The third-order valence-electron chi connectivity index (χ3n) is 3.21. The van der Waals surface area contributed by atoms with Gasteiger partial charge in [-0.15, -0.1) is 0 Å². The molecule has 0 saturated heterocycles. The molecule has 0 saturated carbocycles. The van der Waals surface area contributed by atoms with Crippen LogP contribution in [0.25, 0.3) is 0 Å². The van der Waals surface area contributed by atoms with Crippen molar-refractivity contribution in [2.45, 2.75) is 40.2 Å². The molecule has 0 heterocycles. The molecule has 1 rings (SSSR count). The maximum Gasteiger partial charge on any atom is 0.308 e. The molecule has 0 aliphatic carbocycles. The molecule has 6 heteroatoms. The Morgan fingerprint density at radius 3 is 2.40 bits per heavy atom. The summed E-state index contributed by atoms with van der Waals surface area (Å²) >= 11 is 0. The van der Waals surface area contributed by atoms with Gasteiger partial charge in [-0.25, -0.2) is 4.39 Å². The lowest BCUT2D eigenvalue weighted by molar-refractivity contribution is -0.388. The van der Waals surface area contributed by atoms with E-state index in [0.29, 0.717) is 12.6 Å². The summed E-state index contributed by atoms with van der Waals surface area (Å²) in [5.74, 6) is -1.93. The Morgan fingerprint density at radius 1 is 1.35 bits per heavy atom. The summed E-state index contributed by atoms with van der Waals surface area (Å²) in [4.78, 5) is 10.2. The Kier molecular flexibility index (Phi) is 5.16. The van der Waals surface area contributed by atoms with Gasteiger partial charge < -0.3 is 5.32 Å². The van der Waals surface area contributed by atoms with E-state index in [1.54, 1.807) is 0 Å². The smallest absolute Gasteiger partial charge is 0.308 e. The van der Waals surface area contributed by atoms with Crippen LogP contribution in [0.15, 0.2) is 12.1 Å². The monoisotopic (exact) mass is 286 g/mol. The van der Waals surface area contributed by atoms with Crippen LogP contribution in [0.1, 0.15) is 33.3 Å². The van der Waals surface area contributed by atoms with E-state index in [0.717, 1.165) is 6.07 Å². The number of benzene rings is 1. The zero-order valence-electron chi connectivity index (χ0n) is 12.2. The van der Waals surface area contributed by atoms with Crippen LogP contribution in [0, 0.1) is 27.2 Å². The second-order valence-electron chi connectivity index (χ2n) is 5.83. The highest BCUT2D eigenvalue weighted by Crippen LogP contribution is 2.29. The number of nitrogens with one attached hydrogen (secondary N) is 1. The largest absolute Gasteiger partial charge is 0.313 e. The van der Waals surface area contributed by atoms with Crippen molar-refractivity contribution in [2.24, 2.45) is 5.41 Å². The predicted octanol–water partition coefficient (Wildman–Crippen LogP) is 3.44. The van der Waals surface area contributed by atoms with E-state index in [2.05, 4.69) is 5.32 Å². The highest BCUT2D eigenvalue weighted by atomic mass is 19.1. The zero-order chi connectivity index (χ0) is 15.5. The first kappa shape index (κ1) is 16.5. The fraction of sp³-hybridized carbons (Fsp3) is 0.571. The Labute approximate surface area is 117 Å². The van der Waals surface area contributed by atoms with Gasteiger partial charge in [0.1, 0.15) is 5.82 Å². The predicted molar refractivity (Wildman–Crippen MR) is 73.6 cm³/mol. The summed E-state index contributed by atoms with van der Waals surface area (Å²) in [6.07, 6.45) is 0.197. The molecule has 0 aromatic heterocycles. The molecule has 4 nitrogen and oxygen atoms in total. The summed E-state index contributed by atoms with van der Waals surface area (Å²) < 4.78 is 26.9. The maximum absolute atomic E-state index is 13.6. The normalized spacial score (nSPS) is 13.3. The second-order valence-corrected chi connectivity index (χ2v) is 5.83. The van der Waals surface area contributed by atoms with Gasteiger partial charge in [-0.3, -0.25) is 10.1 Å². The van der Waals surface area contributed by atoms with Crippen LogP contribution in [0.5, 0.6) is 0 Å². The fourth-order valence-electron chi connectivity index (χ4n) is 2.13. The minimum atomic E-state index is -1.13. The number of hydrogen-bond donors (Lipinski definition) is 1. The van der Waals surface area contributed by atoms with Crippen LogP contribution in [-0.2, 0) is 6.42 Å². The standard InChI is InChI=1S/C14H20F2N2O2/c1-5-17-12(14(2,3)4)7-9-6-10(15)8-11(16)13(9)18(19)20/h6,8,12,17H,5,7H2,1-4H3. The molecule has 1 aromatic rings. The maximum atomic E-state index is 13.6. The van der Waals surface area contributed by atoms with Gasteiger partial charge >= 0.3 is 5.69 Å². The van der Waals surface area contributed by atoms with E-state index in [1.165, 1.54) is 0 Å². The van der Waals surface area contributed by atoms with E-state index >= 15 is 0 Å². The first-order valence-corrected chi connectivity index (χ1v) is 6.52. The Bertz CT molecular complexity index is 499. The SMILES string of the molecule is CCNC(Cc1cc(F)cc(F)c1[N+](=O)[O-])C(C)(C)C. The molecule has 20 heavy (non-hydrogen) atoms. The van der Waals surface area contributed by atoms with Gasteiger partial charge in [0.15, 0.2) is 0 Å². The molecule has 1 N–H and O–H groups in total. The van der Waals surface area contributed by atoms with Crippen molar-refractivity contribution in [2.75, 3.05) is 6.54 Å². The quantitative estimate of drug-likeness (QED) is 0.666. The van der Waals surface area contributed by atoms with E-state index in [-0.39, 0.29) is 23.4 Å². The lowest BCUT2D eigenvalue weighted by atomic mass is 9.82. The van der Waals surface area contributed by atoms with Crippen molar-refractivity contribution in [3.8, 4) is 0 Å². The van der Waals surface area contributed by atoms with Gasteiger partial charge in [0.25, 0.3) is 0 Å². The molecular formula is C14H20F2N2O2. The summed E-state index contributed by atoms with van der Waals surface area (Å²) in [7, 11) is 0. The van der Waals surface area contributed by atoms with Gasteiger partial charge in [-0.05, 0) is 24.4 Å². The third kappa shape index (κ3) is 3.96. The zero-order valence-corrected chi connectivity index (χ0v) is 12.2. The Hall–Kier alpha value is -1.56. The molecule has 0 bridgehead atoms. The number of nitro benzene ring substituents is 1. The molecule has 0 fully saturated rings. The van der Waals surface area contributed by atoms with Crippen molar-refractivity contribution < 1.29 is 13.7 Å². The molecule has 0 amide bonds. The highest BCUT2D eigenvalue weighted by molar-refractivity contribution is 5.42. The van der Waals surface area contributed by atoms with Gasteiger partial charge in [-0.1, -0.05) is 27.7 Å². The number of nitrogens with zero attached hydrogens (tertiary/aromatic N) is 1. The first-order valence-electron chi connectivity index (χ1n) is 6.52. The lowest BCUT2D eigenvalue weighted by Gasteiger charge is -2.31. The minimum Gasteiger partial charge on any atom is -0.313 e. The van der Waals surface area contributed by atoms with Crippen molar-refractivity contribution in [1.29, 1.82) is 0 Å². The average molecular weight is 286 g/mol. The van der Waals surface area contributed by atoms with Crippen LogP contribution >= 0.6 is 0 Å². The Balaban J connectivity index is 3.21. The van der Waals surface area contributed by atoms with Crippen LogP contribution < -0.4 is 5.32 Å². The average Bonchev–Trinajstić information content (AvgIpc) is 2.25. The molecule has 112 valence electrons. The van der Waals surface area contributed by atoms with E-state index in [4.69, 9.17) is 0 Å². The minimum absolute atomic E-state index is 0.0772. The summed E-state index contributed by atoms with van der Waals surface area (Å²) in [5.41, 5.74) is -0.751. The molecule has 1 atom stereocenters. The van der Waals surface area contributed by atoms with Crippen molar-refractivity contribution in [3.63, 3.8) is 0 Å². The Morgan fingerprint density at radius 2 is 1.95 bits per heavy atom. The van der Waals surface area contributed by atoms with Crippen molar-refractivity contribution in [1.82, 2.24) is 5.32 Å². The third-order valence-corrected chi connectivity index (χ3v) is 3.21. The van der Waals surface area contributed by atoms with E-state index in [9.17, 15) is 18.9 Å². The molecule has 0 aliphatic heterocycles. The van der Waals surface area contributed by atoms with Gasteiger partial charge in [0.05, 0.1) is 4.92 Å². The summed E-state index contributed by atoms with van der Waals surface area (Å²) in [6.45, 7) is 8.51. The highest BCUT2D eigenvalue weighted by Gasteiger charge is 2.29. The van der Waals surface area contributed by atoms with Crippen LogP contribution in [0.2, 0.25) is 0 Å². The van der Waals surface area contributed by atoms with Crippen LogP contribution in [-0.4, -0.2) is 17.5 Å². The number of rotatable bonds is 5. The van der Waals surface area contributed by atoms with Gasteiger partial charge in [-0.2, -0.15) is 4.39 Å². The van der Waals surface area contributed by atoms with Crippen molar-refractivity contribution >= 4 is 5.69 Å². The molecular weight excluding hydrogens is 266 g/mol. The summed E-state index contributed by atoms with van der Waals surface area (Å²) in [6, 6.07) is 1.46. The number of likely N-dealkylation sites (N-methyl/N-ethyl adjacent to an activating group) is 1. The second kappa shape index (κ2) is 6.26. The molecule has 0 aliphatic rings. The van der Waals surface area contributed by atoms with Gasteiger partial charge in [0, 0.05) is 17.7 Å². The number of nitro groups is 1. The number of hydrogen-bond acceptors (Lipinski definition) is 3. The number of halogens is 2. The first-order chi connectivity index (χ1) is 9.16. The fourth-order valence-corrected chi connectivity index (χ4v) is 2.13. The van der Waals surface area contributed by atoms with Gasteiger partial charge in [0.2, 0.25) is 5.82 Å². The molecule has 0 radical (unpaired) electrons. The van der Waals surface area contributed by atoms with Crippen LogP contribution in [0.4, 0.5) is 14.5 Å². The van der Waals surface area contributed by atoms with Crippen molar-refractivity contribution in [3.05, 3.63) is 39.4 Å². The van der Waals surface area contributed by atoms with Crippen LogP contribution in [0.3, 0.4) is 0 Å². The summed E-state index contributed by atoms with van der Waals surface area (Å²) in [5, 5.41) is 14.2. The van der Waals surface area contributed by atoms with E-state index in [1.807, 2.05) is 27.7 Å². The lowest BCUT2D eigenvalue weighted by Crippen LogP contribution is -2.42. The molecule has 0 spiro atoms. The molecule has 1 unspecified atom stereocenters. The topological polar surface area (TPSA) is 55.2 Å². The van der Waals surface area contributed by atoms with E-state index < -0.39 is 22.2 Å². The molecule has 1 aromatic carbocycles.